The van der Waals surface area contributed by atoms with E-state index in [2.05, 4.69) is 102 Å². The summed E-state index contributed by atoms with van der Waals surface area (Å²) in [5.41, 5.74) is 11.2. The topological polar surface area (TPSA) is 22.0 Å². The van der Waals surface area contributed by atoms with Gasteiger partial charge in [0.15, 0.2) is 7.14 Å². The molecule has 1 atom stereocenters. The molecule has 1 aliphatic heterocycles. The Bertz CT molecular complexity index is 2480. The molecule has 43 heavy (non-hydrogen) atoms. The minimum atomic E-state index is -3.03. The van der Waals surface area contributed by atoms with Crippen LogP contribution in [0.2, 0.25) is 0 Å². The van der Waals surface area contributed by atoms with E-state index in [1.165, 1.54) is 49.6 Å². The van der Waals surface area contributed by atoms with Crippen molar-refractivity contribution in [3.8, 4) is 16.8 Å². The van der Waals surface area contributed by atoms with Gasteiger partial charge in [-0.05, 0) is 75.9 Å². The van der Waals surface area contributed by atoms with Crippen LogP contribution in [-0.2, 0) is 11.0 Å². The number of rotatable bonds is 2. The van der Waals surface area contributed by atoms with Gasteiger partial charge in [-0.15, -0.1) is 0 Å². The lowest BCUT2D eigenvalue weighted by Gasteiger charge is -2.25. The normalized spacial score (nSPS) is 17.8. The summed E-state index contributed by atoms with van der Waals surface area (Å²) in [5.74, 6) is 0. The lowest BCUT2D eigenvalue weighted by molar-refractivity contribution is 0.593. The molecule has 0 spiro atoms. The highest BCUT2D eigenvalue weighted by Crippen LogP contribution is 2.53. The van der Waals surface area contributed by atoms with Crippen LogP contribution in [0.1, 0.15) is 23.1 Å². The van der Waals surface area contributed by atoms with Crippen molar-refractivity contribution in [3.63, 3.8) is 0 Å². The average Bonchev–Trinajstić information content (AvgIpc) is 3.52. The van der Waals surface area contributed by atoms with Gasteiger partial charge < -0.3 is 9.13 Å². The Labute approximate surface area is 249 Å². The molecule has 3 heteroatoms. The molecule has 1 aromatic heterocycles. The predicted molar refractivity (Wildman–Crippen MR) is 182 cm³/mol. The fourth-order valence-electron chi connectivity index (χ4n) is 7.96. The number of benzene rings is 6. The molecule has 0 saturated heterocycles. The van der Waals surface area contributed by atoms with Gasteiger partial charge in [-0.2, -0.15) is 0 Å². The van der Waals surface area contributed by atoms with E-state index in [1.54, 1.807) is 0 Å². The number of aromatic nitrogens is 1. The van der Waals surface area contributed by atoms with Gasteiger partial charge in [0.1, 0.15) is 0 Å². The number of para-hydroxylation sites is 1. The molecule has 6 aromatic carbocycles. The predicted octanol–water partition coefficient (Wildman–Crippen LogP) is 8.91. The Kier molecular flexibility index (Phi) is 4.59. The molecule has 10 rings (SSSR count). The minimum Gasteiger partial charge on any atom is -0.309 e. The van der Waals surface area contributed by atoms with Crippen molar-refractivity contribution in [2.45, 2.75) is 12.8 Å². The zero-order valence-electron chi connectivity index (χ0n) is 23.4. The molecule has 2 aliphatic carbocycles. The van der Waals surface area contributed by atoms with Crippen molar-refractivity contribution in [3.05, 3.63) is 144 Å². The summed E-state index contributed by atoms with van der Waals surface area (Å²) in [6, 6.07) is 40.8. The van der Waals surface area contributed by atoms with Gasteiger partial charge in [-0.1, -0.05) is 109 Å². The van der Waals surface area contributed by atoms with E-state index in [4.69, 9.17) is 0 Å². The Hall–Kier alpha value is -4.91. The minimum absolute atomic E-state index is 0.892. The van der Waals surface area contributed by atoms with Crippen LogP contribution in [0.5, 0.6) is 0 Å². The van der Waals surface area contributed by atoms with E-state index in [0.717, 1.165) is 50.8 Å². The summed E-state index contributed by atoms with van der Waals surface area (Å²) >= 11 is 0. The van der Waals surface area contributed by atoms with Gasteiger partial charge >= 0.3 is 0 Å². The summed E-state index contributed by atoms with van der Waals surface area (Å²) in [5, 5.41) is 7.78. The summed E-state index contributed by atoms with van der Waals surface area (Å²) in [6.45, 7) is 0. The van der Waals surface area contributed by atoms with E-state index in [-0.39, 0.29) is 0 Å². The van der Waals surface area contributed by atoms with E-state index in [0.29, 0.717) is 0 Å². The number of allylic oxidation sites excluding steroid dienone is 3. The Morgan fingerprint density at radius 3 is 2.40 bits per heavy atom. The van der Waals surface area contributed by atoms with E-state index < -0.39 is 7.14 Å². The second kappa shape index (κ2) is 8.34. The van der Waals surface area contributed by atoms with E-state index >= 15 is 4.57 Å². The molecular weight excluding hydrogens is 541 g/mol. The fourth-order valence-corrected chi connectivity index (χ4v) is 11.0. The number of nitrogens with zero attached hydrogens (tertiary/aromatic N) is 1. The molecule has 7 aromatic rings. The van der Waals surface area contributed by atoms with Gasteiger partial charge in [-0.3, -0.25) is 0 Å². The molecule has 0 saturated carbocycles. The van der Waals surface area contributed by atoms with Crippen LogP contribution in [0.15, 0.2) is 127 Å². The maximum absolute atomic E-state index is 15.3. The van der Waals surface area contributed by atoms with Crippen LogP contribution in [0.4, 0.5) is 0 Å². The first-order valence-corrected chi connectivity index (χ1v) is 16.7. The molecule has 0 bridgehead atoms. The number of hydrogen-bond donors (Lipinski definition) is 0. The van der Waals surface area contributed by atoms with Crippen molar-refractivity contribution >= 4 is 67.3 Å². The van der Waals surface area contributed by atoms with Crippen LogP contribution in [0, 0.1) is 0 Å². The fraction of sp³-hybridized carbons (Fsp3) is 0.0500. The quantitative estimate of drug-likeness (QED) is 0.191. The first kappa shape index (κ1) is 23.6. The zero-order chi connectivity index (χ0) is 28.3. The molecule has 0 N–H and O–H groups in total. The van der Waals surface area contributed by atoms with Gasteiger partial charge in [0, 0.05) is 32.1 Å². The van der Waals surface area contributed by atoms with Gasteiger partial charge in [0.2, 0.25) is 0 Å². The first-order chi connectivity index (χ1) is 21.2. The van der Waals surface area contributed by atoms with Gasteiger partial charge in [0.05, 0.1) is 16.7 Å². The van der Waals surface area contributed by atoms with Crippen molar-refractivity contribution in [1.29, 1.82) is 0 Å². The Morgan fingerprint density at radius 2 is 1.47 bits per heavy atom. The van der Waals surface area contributed by atoms with Crippen LogP contribution in [0.25, 0.3) is 61.0 Å². The van der Waals surface area contributed by atoms with Crippen LogP contribution < -0.4 is 15.9 Å². The molecular formula is C40H26NOP. The van der Waals surface area contributed by atoms with Crippen LogP contribution in [0.3, 0.4) is 0 Å². The summed E-state index contributed by atoms with van der Waals surface area (Å²) in [7, 11) is -3.03. The molecule has 0 fully saturated rings. The largest absolute Gasteiger partial charge is 0.309 e. The SMILES string of the molecule is O=P1(c2ccccc2)c2ccccc2-c2cc3c(cc21)c1ccccc1n3-c1ccc2c3c4c(ccc13)C=CCC4=CC2. The highest BCUT2D eigenvalue weighted by atomic mass is 31.2. The summed E-state index contributed by atoms with van der Waals surface area (Å²) < 4.78 is 17.7. The van der Waals surface area contributed by atoms with E-state index in [9.17, 15) is 0 Å². The Balaban J connectivity index is 1.34. The molecule has 0 radical (unpaired) electrons. The summed E-state index contributed by atoms with van der Waals surface area (Å²) in [6.07, 6.45) is 8.95. The average molecular weight is 568 g/mol. The third-order valence-corrected chi connectivity index (χ3v) is 13.0. The molecule has 2 nitrogen and oxygen atoms in total. The molecule has 3 aliphatic rings. The lowest BCUT2D eigenvalue weighted by atomic mass is 9.81. The van der Waals surface area contributed by atoms with E-state index in [1.807, 2.05) is 36.4 Å². The smallest absolute Gasteiger partial charge is 0.172 e. The molecule has 2 heterocycles. The standard InChI is InChI=1S/C40H26NOP/c42-43(28-11-2-1-3-12-28)37-16-7-5-14-30(37)33-23-36-32(24-38(33)43)29-13-4-6-15-34(29)41(36)35-22-20-27-18-17-25-9-8-10-26-19-21-31(35)40(27)39(25)26/h1-8,10-17,19-24H,9,18H2. The second-order valence-electron chi connectivity index (χ2n) is 11.9. The van der Waals surface area contributed by atoms with Gasteiger partial charge in [-0.25, -0.2) is 0 Å². The van der Waals surface area contributed by atoms with Crippen molar-refractivity contribution < 1.29 is 4.57 Å². The monoisotopic (exact) mass is 567 g/mol. The van der Waals surface area contributed by atoms with Crippen LogP contribution in [-0.4, -0.2) is 4.57 Å². The third-order valence-electron chi connectivity index (χ3n) is 9.83. The maximum atomic E-state index is 15.3. The highest BCUT2D eigenvalue weighted by Gasteiger charge is 2.40. The molecule has 202 valence electrons. The van der Waals surface area contributed by atoms with Gasteiger partial charge in [0.25, 0.3) is 0 Å². The summed E-state index contributed by atoms with van der Waals surface area (Å²) in [4.78, 5) is 0. The Morgan fingerprint density at radius 1 is 0.628 bits per heavy atom. The lowest BCUT2D eigenvalue weighted by Crippen LogP contribution is -2.20. The second-order valence-corrected chi connectivity index (χ2v) is 14.6. The van der Waals surface area contributed by atoms with Crippen LogP contribution >= 0.6 is 7.14 Å². The first-order valence-electron chi connectivity index (χ1n) is 15.0. The van der Waals surface area contributed by atoms with Crippen molar-refractivity contribution in [2.75, 3.05) is 0 Å². The number of hydrogen-bond acceptors (Lipinski definition) is 1. The zero-order valence-corrected chi connectivity index (χ0v) is 24.3. The third kappa shape index (κ3) is 2.97. The molecule has 1 unspecified atom stereocenters. The number of fused-ring (bicyclic) bond motifs is 6. The van der Waals surface area contributed by atoms with Crippen molar-refractivity contribution in [1.82, 2.24) is 4.57 Å². The van der Waals surface area contributed by atoms with Crippen molar-refractivity contribution in [2.24, 2.45) is 0 Å². The highest BCUT2D eigenvalue weighted by molar-refractivity contribution is 7.86. The molecule has 0 amide bonds. The maximum Gasteiger partial charge on any atom is 0.172 e.